The Bertz CT molecular complexity index is 1510. The van der Waals surface area contributed by atoms with Crippen LogP contribution in [0.4, 0.5) is 11.4 Å². The molecule has 0 unspecified atom stereocenters. The molecule has 0 radical (unpaired) electrons. The molecule has 0 fully saturated rings. The van der Waals surface area contributed by atoms with Gasteiger partial charge in [0, 0.05) is 30.0 Å². The summed E-state index contributed by atoms with van der Waals surface area (Å²) in [5, 5.41) is 17.5. The number of amides is 1. The largest absolute Gasteiger partial charge is 0.493 e. The Kier molecular flexibility index (Phi) is 8.69. The predicted molar refractivity (Wildman–Crippen MR) is 163 cm³/mol. The van der Waals surface area contributed by atoms with Crippen LogP contribution >= 0.6 is 0 Å². The molecule has 1 amide bonds. The fourth-order valence-electron chi connectivity index (χ4n) is 4.84. The summed E-state index contributed by atoms with van der Waals surface area (Å²) in [6.45, 7) is 1.78. The van der Waals surface area contributed by atoms with E-state index >= 15 is 0 Å². The van der Waals surface area contributed by atoms with Gasteiger partial charge in [-0.3, -0.25) is 10.2 Å². The van der Waals surface area contributed by atoms with Crippen LogP contribution in [0.1, 0.15) is 40.3 Å². The van der Waals surface area contributed by atoms with Gasteiger partial charge < -0.3 is 31.2 Å². The average Bonchev–Trinajstić information content (AvgIpc) is 3.02. The van der Waals surface area contributed by atoms with Crippen molar-refractivity contribution in [2.24, 2.45) is 5.73 Å². The van der Waals surface area contributed by atoms with E-state index in [1.165, 1.54) is 11.3 Å². The monoisotopic (exact) mass is 549 g/mol. The van der Waals surface area contributed by atoms with E-state index in [1.54, 1.807) is 31.4 Å². The molecule has 8 nitrogen and oxygen atoms in total. The van der Waals surface area contributed by atoms with Crippen molar-refractivity contribution >= 4 is 23.1 Å². The molecule has 5 rings (SSSR count). The number of benzene rings is 4. The van der Waals surface area contributed by atoms with E-state index in [2.05, 4.69) is 34.1 Å². The molecule has 41 heavy (non-hydrogen) atoms. The molecular formula is C33H35N5O3. The van der Waals surface area contributed by atoms with Crippen LogP contribution in [0.2, 0.25) is 0 Å². The molecular weight excluding hydrogens is 514 g/mol. The van der Waals surface area contributed by atoms with Crippen LogP contribution < -0.4 is 31.2 Å². The van der Waals surface area contributed by atoms with Crippen molar-refractivity contribution in [1.29, 1.82) is 5.41 Å². The van der Waals surface area contributed by atoms with Gasteiger partial charge in [-0.15, -0.1) is 0 Å². The van der Waals surface area contributed by atoms with Gasteiger partial charge in [0.05, 0.1) is 7.11 Å². The Balaban J connectivity index is 1.35. The van der Waals surface area contributed by atoms with Crippen LogP contribution in [-0.2, 0) is 24.4 Å². The Labute approximate surface area is 240 Å². The van der Waals surface area contributed by atoms with Gasteiger partial charge in [-0.1, -0.05) is 48.5 Å². The van der Waals surface area contributed by atoms with Crippen LogP contribution in [0.3, 0.4) is 0 Å². The van der Waals surface area contributed by atoms with Crippen LogP contribution in [0.5, 0.6) is 11.5 Å². The number of methoxy groups -OCH3 is 1. The molecule has 210 valence electrons. The molecule has 0 aliphatic carbocycles. The first-order valence-corrected chi connectivity index (χ1v) is 13.7. The number of fused-ring (bicyclic) bond motifs is 1. The lowest BCUT2D eigenvalue weighted by molar-refractivity contribution is -0.122. The molecule has 1 aliphatic heterocycles. The number of ether oxygens (including phenoxy) is 2. The van der Waals surface area contributed by atoms with Gasteiger partial charge in [0.15, 0.2) is 11.5 Å². The Morgan fingerprint density at radius 1 is 0.976 bits per heavy atom. The van der Waals surface area contributed by atoms with E-state index in [0.717, 1.165) is 36.2 Å². The standard InChI is InChI=1S/C33H35N5O3/c1-40-30-19-26(13-16-29(30)41-21-23-9-10-24-8-5-17-36-28(24)18-23)31(33(39)37-20-22-6-3-2-4-7-22)38-27-14-11-25(12-15-27)32(34)35/h2-4,6-7,9-16,18-19,31,36,38H,5,8,17,20-21H2,1H3,(H3,34,35)(H,37,39)/t31-/m1/s1. The third-order valence-corrected chi connectivity index (χ3v) is 7.11. The molecule has 4 aromatic carbocycles. The summed E-state index contributed by atoms with van der Waals surface area (Å²) < 4.78 is 11.8. The third-order valence-electron chi connectivity index (χ3n) is 7.11. The lowest BCUT2D eigenvalue weighted by Crippen LogP contribution is -2.33. The number of nitrogen functional groups attached to an aromatic ring is 1. The van der Waals surface area contributed by atoms with Gasteiger partial charge in [0.2, 0.25) is 5.91 Å². The van der Waals surface area contributed by atoms with Gasteiger partial charge in [-0.25, -0.2) is 0 Å². The highest BCUT2D eigenvalue weighted by molar-refractivity contribution is 5.95. The molecule has 0 bridgehead atoms. The second-order valence-electron chi connectivity index (χ2n) is 9.99. The SMILES string of the molecule is COc1cc([C@@H](Nc2ccc(C(=N)N)cc2)C(=O)NCc2ccccc2)ccc1OCc1ccc2c(c1)NCCC2. The normalized spacial score (nSPS) is 12.8. The summed E-state index contributed by atoms with van der Waals surface area (Å²) >= 11 is 0. The van der Waals surface area contributed by atoms with Gasteiger partial charge in [0.25, 0.3) is 0 Å². The zero-order valence-corrected chi connectivity index (χ0v) is 23.1. The minimum Gasteiger partial charge on any atom is -0.493 e. The fraction of sp³-hybridized carbons (Fsp3) is 0.212. The van der Waals surface area contributed by atoms with Gasteiger partial charge in [-0.05, 0) is 77.6 Å². The van der Waals surface area contributed by atoms with Gasteiger partial charge in [0.1, 0.15) is 18.5 Å². The molecule has 0 aromatic heterocycles. The fourth-order valence-corrected chi connectivity index (χ4v) is 4.84. The molecule has 1 atom stereocenters. The third kappa shape index (κ3) is 6.97. The quantitative estimate of drug-likeness (QED) is 0.126. The first kappa shape index (κ1) is 27.6. The van der Waals surface area contributed by atoms with E-state index in [0.29, 0.717) is 35.8 Å². The van der Waals surface area contributed by atoms with Crippen LogP contribution in [0.15, 0.2) is 91.0 Å². The maximum atomic E-state index is 13.5. The highest BCUT2D eigenvalue weighted by atomic mass is 16.5. The molecule has 4 aromatic rings. The summed E-state index contributed by atoms with van der Waals surface area (Å²) in [4.78, 5) is 13.5. The summed E-state index contributed by atoms with van der Waals surface area (Å²) in [7, 11) is 1.59. The minimum absolute atomic E-state index is 0.0133. The highest BCUT2D eigenvalue weighted by Crippen LogP contribution is 2.33. The van der Waals surface area contributed by atoms with Crippen molar-refractivity contribution in [3.63, 3.8) is 0 Å². The number of nitrogens with one attached hydrogen (secondary N) is 4. The van der Waals surface area contributed by atoms with E-state index in [-0.39, 0.29) is 11.7 Å². The van der Waals surface area contributed by atoms with Crippen molar-refractivity contribution in [1.82, 2.24) is 5.32 Å². The maximum Gasteiger partial charge on any atom is 0.247 e. The van der Waals surface area contributed by atoms with E-state index in [1.807, 2.05) is 48.5 Å². The molecule has 1 heterocycles. The van der Waals surface area contributed by atoms with Crippen molar-refractivity contribution in [2.45, 2.75) is 32.0 Å². The van der Waals surface area contributed by atoms with Crippen molar-refractivity contribution in [3.8, 4) is 11.5 Å². The topological polar surface area (TPSA) is 121 Å². The van der Waals surface area contributed by atoms with Crippen molar-refractivity contribution in [3.05, 3.63) is 119 Å². The van der Waals surface area contributed by atoms with Crippen LogP contribution in [0.25, 0.3) is 0 Å². The number of nitrogens with two attached hydrogens (primary N) is 1. The Morgan fingerprint density at radius 2 is 1.78 bits per heavy atom. The van der Waals surface area contributed by atoms with E-state index < -0.39 is 6.04 Å². The smallest absolute Gasteiger partial charge is 0.247 e. The number of anilines is 2. The summed E-state index contributed by atoms with van der Waals surface area (Å²) in [5.74, 6) is 0.923. The van der Waals surface area contributed by atoms with Crippen molar-refractivity contribution in [2.75, 3.05) is 24.3 Å². The van der Waals surface area contributed by atoms with Crippen LogP contribution in [-0.4, -0.2) is 25.4 Å². The van der Waals surface area contributed by atoms with Crippen molar-refractivity contribution < 1.29 is 14.3 Å². The molecule has 0 saturated carbocycles. The maximum absolute atomic E-state index is 13.5. The number of aryl methyl sites for hydroxylation is 1. The Morgan fingerprint density at radius 3 is 2.54 bits per heavy atom. The zero-order valence-electron chi connectivity index (χ0n) is 23.1. The first-order valence-electron chi connectivity index (χ1n) is 13.7. The first-order chi connectivity index (χ1) is 20.0. The van der Waals surface area contributed by atoms with Gasteiger partial charge in [-0.2, -0.15) is 0 Å². The number of hydrogen-bond donors (Lipinski definition) is 5. The molecule has 0 saturated heterocycles. The molecule has 8 heteroatoms. The predicted octanol–water partition coefficient (Wildman–Crippen LogP) is 5.39. The van der Waals surface area contributed by atoms with E-state index in [9.17, 15) is 4.79 Å². The number of amidine groups is 1. The second-order valence-corrected chi connectivity index (χ2v) is 9.99. The average molecular weight is 550 g/mol. The number of carbonyl (C=O) groups is 1. The second kappa shape index (κ2) is 12.9. The minimum atomic E-state index is -0.712. The molecule has 6 N–H and O–H groups in total. The summed E-state index contributed by atoms with van der Waals surface area (Å²) in [5.41, 5.74) is 12.2. The highest BCUT2D eigenvalue weighted by Gasteiger charge is 2.23. The molecule has 1 aliphatic rings. The zero-order chi connectivity index (χ0) is 28.6. The van der Waals surface area contributed by atoms with E-state index in [4.69, 9.17) is 20.6 Å². The van der Waals surface area contributed by atoms with Gasteiger partial charge >= 0.3 is 0 Å². The Hall–Kier alpha value is -4.98. The lowest BCUT2D eigenvalue weighted by Gasteiger charge is -2.22. The summed E-state index contributed by atoms with van der Waals surface area (Å²) in [6.07, 6.45) is 2.24. The number of carbonyl (C=O) groups excluding carboxylic acids is 1. The molecule has 0 spiro atoms. The summed E-state index contributed by atoms with van der Waals surface area (Å²) in [6, 6.07) is 28.1. The number of hydrogen-bond acceptors (Lipinski definition) is 6. The number of rotatable bonds is 11. The lowest BCUT2D eigenvalue weighted by atomic mass is 10.0. The van der Waals surface area contributed by atoms with Crippen LogP contribution in [0, 0.1) is 5.41 Å².